The molecule has 2 atom stereocenters. The number of fused-ring (bicyclic) bond motifs is 1. The summed E-state index contributed by atoms with van der Waals surface area (Å²) in [5.74, 6) is -0.865. The van der Waals surface area contributed by atoms with E-state index in [1.165, 1.54) is 26.4 Å². The first-order valence-corrected chi connectivity index (χ1v) is 14.4. The number of aromatic nitrogens is 2. The third kappa shape index (κ3) is 6.45. The monoisotopic (exact) mass is 585 g/mol. The molecule has 2 heterocycles. The van der Waals surface area contributed by atoms with Crippen LogP contribution in [0, 0.1) is 0 Å². The van der Waals surface area contributed by atoms with Crippen LogP contribution in [0.2, 0.25) is 5.02 Å². The van der Waals surface area contributed by atoms with E-state index in [9.17, 15) is 23.4 Å². The number of pyridine rings is 1. The number of nitrogens with one attached hydrogen (secondary N) is 1. The number of carbonyl (C=O) groups is 1. The lowest BCUT2D eigenvalue weighted by Gasteiger charge is -2.18. The molecule has 4 aromatic rings. The van der Waals surface area contributed by atoms with Crippen molar-refractivity contribution in [1.29, 1.82) is 0 Å². The van der Waals surface area contributed by atoms with Crippen LogP contribution in [0.15, 0.2) is 65.7 Å². The van der Waals surface area contributed by atoms with Gasteiger partial charge in [-0.25, -0.2) is 22.5 Å². The average Bonchev–Trinajstić information content (AvgIpc) is 3.26. The molecule has 0 spiro atoms. The van der Waals surface area contributed by atoms with E-state index in [2.05, 4.69) is 10.3 Å². The highest BCUT2D eigenvalue weighted by Crippen LogP contribution is 2.25. The fraction of sp³-hybridized carbons (Fsp3) is 0.286. The highest BCUT2D eigenvalue weighted by atomic mass is 35.5. The summed E-state index contributed by atoms with van der Waals surface area (Å²) >= 11 is 6.01. The Morgan fingerprint density at radius 3 is 2.58 bits per heavy atom. The average molecular weight is 586 g/mol. The van der Waals surface area contributed by atoms with E-state index in [-0.39, 0.29) is 40.6 Å². The van der Waals surface area contributed by atoms with Crippen LogP contribution >= 0.6 is 11.6 Å². The predicted molar refractivity (Wildman–Crippen MR) is 155 cm³/mol. The third-order valence-electron chi connectivity index (χ3n) is 6.68. The standard InChI is InChI=1S/C28H32ClN5O5S/c1-17(31-15-26(35)21-12-23(29)27(30)32-14-21)9-18-7-8-24-20(10-18)13-25(28(36)37)34(24)16-19-5-4-6-22(11-19)40(38,39)33(2)3/h4-8,10-14,17,26,31,35H,9,15-16H2,1-3H3,(H2,30,32)(H,36,37). The Balaban J connectivity index is 1.51. The molecule has 0 amide bonds. The quantitative estimate of drug-likeness (QED) is 0.209. The number of sulfonamides is 1. The van der Waals surface area contributed by atoms with Gasteiger partial charge >= 0.3 is 5.97 Å². The molecule has 2 unspecified atom stereocenters. The van der Waals surface area contributed by atoms with Crippen LogP contribution in [-0.2, 0) is 23.0 Å². The van der Waals surface area contributed by atoms with Crippen LogP contribution in [0.4, 0.5) is 5.82 Å². The van der Waals surface area contributed by atoms with Crippen LogP contribution < -0.4 is 11.1 Å². The maximum atomic E-state index is 12.6. The van der Waals surface area contributed by atoms with Gasteiger partial charge in [0.2, 0.25) is 10.0 Å². The van der Waals surface area contributed by atoms with Gasteiger partial charge in [-0.2, -0.15) is 0 Å². The molecule has 0 aliphatic heterocycles. The largest absolute Gasteiger partial charge is 0.477 e. The minimum atomic E-state index is -3.62. The van der Waals surface area contributed by atoms with E-state index in [0.717, 1.165) is 20.8 Å². The zero-order chi connectivity index (χ0) is 29.2. The second kappa shape index (κ2) is 11.9. The highest BCUT2D eigenvalue weighted by molar-refractivity contribution is 7.89. The molecule has 12 heteroatoms. The molecular formula is C28H32ClN5O5S. The highest BCUT2D eigenvalue weighted by Gasteiger charge is 2.20. The zero-order valence-corrected chi connectivity index (χ0v) is 23.9. The minimum absolute atomic E-state index is 0.00623. The van der Waals surface area contributed by atoms with Gasteiger partial charge in [0.25, 0.3) is 0 Å². The minimum Gasteiger partial charge on any atom is -0.477 e. The van der Waals surface area contributed by atoms with Gasteiger partial charge in [-0.1, -0.05) is 29.8 Å². The second-order valence-electron chi connectivity index (χ2n) is 9.91. The smallest absolute Gasteiger partial charge is 0.352 e. The van der Waals surface area contributed by atoms with Gasteiger partial charge < -0.3 is 25.8 Å². The fourth-order valence-electron chi connectivity index (χ4n) is 4.49. The number of carboxylic acid groups (broad SMARTS) is 1. The van der Waals surface area contributed by atoms with E-state index in [4.69, 9.17) is 17.3 Å². The first-order chi connectivity index (χ1) is 18.9. The van der Waals surface area contributed by atoms with Crippen molar-refractivity contribution in [3.05, 3.63) is 88.2 Å². The molecule has 40 heavy (non-hydrogen) atoms. The van der Waals surface area contributed by atoms with Crippen LogP contribution in [0.5, 0.6) is 0 Å². The van der Waals surface area contributed by atoms with Crippen molar-refractivity contribution in [1.82, 2.24) is 19.2 Å². The molecule has 2 aromatic carbocycles. The number of halogens is 1. The van der Waals surface area contributed by atoms with E-state index < -0.39 is 22.1 Å². The van der Waals surface area contributed by atoms with Crippen LogP contribution in [0.1, 0.15) is 40.2 Å². The number of aromatic carboxylic acids is 1. The number of carboxylic acids is 1. The maximum Gasteiger partial charge on any atom is 0.352 e. The molecular weight excluding hydrogens is 554 g/mol. The molecule has 0 radical (unpaired) electrons. The Morgan fingerprint density at radius 2 is 1.90 bits per heavy atom. The molecule has 2 aromatic heterocycles. The molecule has 0 saturated carbocycles. The van der Waals surface area contributed by atoms with Gasteiger partial charge in [0.1, 0.15) is 11.5 Å². The molecule has 0 saturated heterocycles. The summed E-state index contributed by atoms with van der Waals surface area (Å²) in [6, 6.07) is 15.5. The summed E-state index contributed by atoms with van der Waals surface area (Å²) < 4.78 is 28.0. The number of benzene rings is 2. The SMILES string of the molecule is CC(Cc1ccc2c(c1)cc(C(=O)O)n2Cc1cccc(S(=O)(=O)N(C)C)c1)NCC(O)c1cnc(N)c(Cl)c1. The van der Waals surface area contributed by atoms with Gasteiger partial charge in [0, 0.05) is 55.9 Å². The zero-order valence-electron chi connectivity index (χ0n) is 22.4. The lowest BCUT2D eigenvalue weighted by molar-refractivity contribution is 0.0686. The Bertz CT molecular complexity index is 1650. The lowest BCUT2D eigenvalue weighted by Crippen LogP contribution is -2.32. The Morgan fingerprint density at radius 1 is 1.15 bits per heavy atom. The van der Waals surface area contributed by atoms with Gasteiger partial charge in [-0.05, 0) is 60.9 Å². The van der Waals surface area contributed by atoms with Crippen LogP contribution in [0.3, 0.4) is 0 Å². The molecule has 5 N–H and O–H groups in total. The normalized spacial score (nSPS) is 13.6. The summed E-state index contributed by atoms with van der Waals surface area (Å²) in [5.41, 5.74) is 8.70. The fourth-order valence-corrected chi connectivity index (χ4v) is 5.64. The Hall–Kier alpha value is -3.48. The lowest BCUT2D eigenvalue weighted by atomic mass is 10.0. The van der Waals surface area contributed by atoms with Crippen LogP contribution in [0.25, 0.3) is 10.9 Å². The van der Waals surface area contributed by atoms with Gasteiger partial charge in [0.05, 0.1) is 16.0 Å². The Kier molecular flexibility index (Phi) is 8.81. The van der Waals surface area contributed by atoms with Crippen molar-refractivity contribution < 1.29 is 23.4 Å². The predicted octanol–water partition coefficient (Wildman–Crippen LogP) is 3.52. The third-order valence-corrected chi connectivity index (χ3v) is 8.79. The first-order valence-electron chi connectivity index (χ1n) is 12.6. The summed E-state index contributed by atoms with van der Waals surface area (Å²) in [6.45, 7) is 2.47. The number of hydrogen-bond acceptors (Lipinski definition) is 7. The summed E-state index contributed by atoms with van der Waals surface area (Å²) in [6.07, 6.45) is 1.32. The first kappa shape index (κ1) is 29.5. The summed E-state index contributed by atoms with van der Waals surface area (Å²) in [5, 5.41) is 24.7. The second-order valence-corrected chi connectivity index (χ2v) is 12.5. The topological polar surface area (TPSA) is 151 Å². The number of nitrogens with two attached hydrogens (primary N) is 1. The Labute approximate surface area is 238 Å². The van der Waals surface area contributed by atoms with E-state index in [0.29, 0.717) is 17.5 Å². The van der Waals surface area contributed by atoms with E-state index in [1.54, 1.807) is 34.9 Å². The molecule has 0 bridgehead atoms. The van der Waals surface area contributed by atoms with Crippen molar-refractivity contribution in [2.24, 2.45) is 0 Å². The number of nitrogens with zero attached hydrogens (tertiary/aromatic N) is 3. The molecule has 10 nitrogen and oxygen atoms in total. The molecule has 4 rings (SSSR count). The molecule has 0 aliphatic carbocycles. The van der Waals surface area contributed by atoms with E-state index >= 15 is 0 Å². The number of anilines is 1. The number of rotatable bonds is 11. The molecule has 212 valence electrons. The van der Waals surface area contributed by atoms with Crippen molar-refractivity contribution in [2.45, 2.75) is 36.9 Å². The van der Waals surface area contributed by atoms with E-state index in [1.807, 2.05) is 25.1 Å². The summed E-state index contributed by atoms with van der Waals surface area (Å²) in [7, 11) is -0.691. The maximum absolute atomic E-state index is 12.6. The number of aliphatic hydroxyl groups excluding tert-OH is 1. The van der Waals surface area contributed by atoms with Crippen molar-refractivity contribution in [2.75, 3.05) is 26.4 Å². The van der Waals surface area contributed by atoms with Crippen LogP contribution in [-0.4, -0.2) is 65.1 Å². The molecule has 0 fully saturated rings. The summed E-state index contributed by atoms with van der Waals surface area (Å²) in [4.78, 5) is 16.2. The van der Waals surface area contributed by atoms with Gasteiger partial charge in [0.15, 0.2) is 0 Å². The number of aliphatic hydroxyl groups is 1. The van der Waals surface area contributed by atoms with Crippen molar-refractivity contribution in [3.8, 4) is 0 Å². The van der Waals surface area contributed by atoms with Crippen molar-refractivity contribution >= 4 is 44.3 Å². The van der Waals surface area contributed by atoms with Gasteiger partial charge in [-0.15, -0.1) is 0 Å². The van der Waals surface area contributed by atoms with Gasteiger partial charge in [-0.3, -0.25) is 0 Å². The van der Waals surface area contributed by atoms with Crippen molar-refractivity contribution in [3.63, 3.8) is 0 Å². The molecule has 0 aliphatic rings. The number of nitrogen functional groups attached to an aromatic ring is 1. The number of hydrogen-bond donors (Lipinski definition) is 4.